The Kier molecular flexibility index (Phi) is 10.8. The maximum absolute atomic E-state index is 5.35. The first kappa shape index (κ1) is 10.4. The van der Waals surface area contributed by atoms with Crippen LogP contribution in [0, 0.1) is 0 Å². The van der Waals surface area contributed by atoms with E-state index in [1.807, 2.05) is 0 Å². The Hall–Kier alpha value is 1.37. The fourth-order valence-electron chi connectivity index (χ4n) is 0.296. The summed E-state index contributed by atoms with van der Waals surface area (Å²) in [5, 5.41) is 0. The predicted molar refractivity (Wildman–Crippen MR) is 49.8 cm³/mol. The van der Waals surface area contributed by atoms with E-state index in [2.05, 4.69) is 22.0 Å². The van der Waals surface area contributed by atoms with Crippen molar-refractivity contribution in [3.05, 3.63) is 0 Å². The van der Waals surface area contributed by atoms with Gasteiger partial charge in [-0.3, -0.25) is 0 Å². The zero-order valence-electron chi connectivity index (χ0n) is 4.90. The normalized spacial score (nSPS) is 11.3. The second-order valence-electron chi connectivity index (χ2n) is 1.23. The summed E-state index contributed by atoms with van der Waals surface area (Å²) < 4.78 is 10.1. The molecule has 0 aliphatic carbocycles. The monoisotopic (exact) mass is 282 g/mol. The van der Waals surface area contributed by atoms with Crippen molar-refractivity contribution in [3.63, 3.8) is 0 Å². The van der Waals surface area contributed by atoms with E-state index in [-0.39, 0.29) is 0 Å². The van der Waals surface area contributed by atoms with E-state index in [0.717, 1.165) is 0 Å². The van der Waals surface area contributed by atoms with Gasteiger partial charge in [-0.05, 0) is 22.0 Å². The minimum absolute atomic E-state index is 0.527. The van der Waals surface area contributed by atoms with Crippen molar-refractivity contribution < 1.29 is 9.26 Å². The van der Waals surface area contributed by atoms with Crippen molar-refractivity contribution in [1.82, 2.24) is 0 Å². The number of hydrogen-bond acceptors (Lipinski definition) is 2. The van der Waals surface area contributed by atoms with Crippen molar-refractivity contribution in [2.45, 2.75) is 0 Å². The molecule has 56 valence electrons. The molecule has 0 heterocycles. The van der Waals surface area contributed by atoms with Crippen LogP contribution in [0.3, 0.4) is 0 Å². The number of hydrogen-bond donors (Lipinski definition) is 0. The Labute approximate surface area is 75.0 Å². The lowest BCUT2D eigenvalue weighted by atomic mass is 10.7. The van der Waals surface area contributed by atoms with Crippen molar-refractivity contribution >= 4 is 40.1 Å². The first-order valence-corrected chi connectivity index (χ1v) is 7.08. The molecule has 0 aromatic carbocycles. The molecule has 0 spiro atoms. The zero-order valence-corrected chi connectivity index (χ0v) is 8.81. The van der Waals surface area contributed by atoms with Crippen LogP contribution in [-0.2, 0) is 9.26 Å². The SMILES string of the molecule is ClCCOCCOPI. The van der Waals surface area contributed by atoms with Gasteiger partial charge in [0.05, 0.1) is 26.3 Å². The highest BCUT2D eigenvalue weighted by Gasteiger charge is 1.85. The highest BCUT2D eigenvalue weighted by molar-refractivity contribution is 14.2. The molecule has 0 amide bonds. The molecule has 0 fully saturated rings. The van der Waals surface area contributed by atoms with Gasteiger partial charge in [-0.15, -0.1) is 11.6 Å². The number of rotatable bonds is 6. The van der Waals surface area contributed by atoms with Crippen molar-refractivity contribution in [3.8, 4) is 0 Å². The van der Waals surface area contributed by atoms with Crippen LogP contribution in [0.2, 0.25) is 0 Å². The topological polar surface area (TPSA) is 18.5 Å². The average molecular weight is 282 g/mol. The van der Waals surface area contributed by atoms with Gasteiger partial charge in [0, 0.05) is 5.88 Å². The Morgan fingerprint density at radius 1 is 1.33 bits per heavy atom. The van der Waals surface area contributed by atoms with Crippen LogP contribution in [0.4, 0.5) is 0 Å². The van der Waals surface area contributed by atoms with Gasteiger partial charge in [0.25, 0.3) is 0 Å². The maximum Gasteiger partial charge on any atom is 0.0794 e. The third-order valence-electron chi connectivity index (χ3n) is 0.606. The number of halogens is 2. The summed E-state index contributed by atoms with van der Waals surface area (Å²) in [5.74, 6) is 0.562. The minimum atomic E-state index is 0.527. The Bertz CT molecular complexity index is 51.8. The maximum atomic E-state index is 5.35. The molecule has 1 unspecified atom stereocenters. The lowest BCUT2D eigenvalue weighted by Gasteiger charge is -1.99. The third kappa shape index (κ3) is 9.37. The summed E-state index contributed by atoms with van der Waals surface area (Å²) >= 11 is 7.52. The Morgan fingerprint density at radius 3 is 2.67 bits per heavy atom. The molecule has 5 heteroatoms. The predicted octanol–water partition coefficient (Wildman–Crippen LogP) is 2.20. The van der Waals surface area contributed by atoms with E-state index >= 15 is 0 Å². The van der Waals surface area contributed by atoms with Crippen LogP contribution in [0.15, 0.2) is 0 Å². The van der Waals surface area contributed by atoms with E-state index < -0.39 is 0 Å². The van der Waals surface area contributed by atoms with Gasteiger partial charge in [0.2, 0.25) is 0 Å². The average Bonchev–Trinajstić information content (AvgIpc) is 1.89. The van der Waals surface area contributed by atoms with Crippen LogP contribution in [0.5, 0.6) is 0 Å². The molecule has 2 nitrogen and oxygen atoms in total. The molecule has 0 saturated carbocycles. The molecular formula is C4H9ClIO2P. The standard InChI is InChI=1S/C4H9ClIO2P/c5-1-2-7-3-4-8-9-6/h9H,1-4H2. The molecular weight excluding hydrogens is 273 g/mol. The van der Waals surface area contributed by atoms with Crippen molar-refractivity contribution in [2.75, 3.05) is 25.7 Å². The molecule has 0 aromatic rings. The Balaban J connectivity index is 2.60. The van der Waals surface area contributed by atoms with Gasteiger partial charge in [0.15, 0.2) is 0 Å². The molecule has 9 heavy (non-hydrogen) atoms. The van der Waals surface area contributed by atoms with Gasteiger partial charge < -0.3 is 9.26 Å². The molecule has 0 N–H and O–H groups in total. The minimum Gasteiger partial charge on any atom is -0.378 e. The lowest BCUT2D eigenvalue weighted by Crippen LogP contribution is -2.01. The lowest BCUT2D eigenvalue weighted by molar-refractivity contribution is 0.118. The van der Waals surface area contributed by atoms with Gasteiger partial charge in [-0.2, -0.15) is 0 Å². The fourth-order valence-corrected chi connectivity index (χ4v) is 1.23. The van der Waals surface area contributed by atoms with Gasteiger partial charge >= 0.3 is 0 Å². The first-order valence-electron chi connectivity index (χ1n) is 2.53. The molecule has 0 saturated heterocycles. The largest absolute Gasteiger partial charge is 0.378 e. The van der Waals surface area contributed by atoms with Crippen LogP contribution < -0.4 is 0 Å². The zero-order chi connectivity index (χ0) is 6.95. The summed E-state index contributed by atoms with van der Waals surface area (Å²) in [4.78, 5) is 0. The van der Waals surface area contributed by atoms with Crippen LogP contribution in [-0.4, -0.2) is 25.7 Å². The number of ether oxygens (including phenoxy) is 1. The summed E-state index contributed by atoms with van der Waals surface area (Å²) in [6.07, 6.45) is 0. The third-order valence-corrected chi connectivity index (χ3v) is 2.01. The summed E-state index contributed by atoms with van der Waals surface area (Å²) in [7, 11) is 0. The molecule has 0 bridgehead atoms. The molecule has 0 rings (SSSR count). The molecule has 0 radical (unpaired) electrons. The smallest absolute Gasteiger partial charge is 0.0794 e. The van der Waals surface area contributed by atoms with E-state index in [0.29, 0.717) is 32.2 Å². The summed E-state index contributed by atoms with van der Waals surface area (Å²) in [6.45, 7) is 2.48. The number of alkyl halides is 1. The van der Waals surface area contributed by atoms with Crippen LogP contribution in [0.25, 0.3) is 0 Å². The quantitative estimate of drug-likeness (QED) is 0.322. The van der Waals surface area contributed by atoms with E-state index in [4.69, 9.17) is 20.9 Å². The summed E-state index contributed by atoms with van der Waals surface area (Å²) in [6, 6.07) is 0. The van der Waals surface area contributed by atoms with E-state index in [1.54, 1.807) is 0 Å². The van der Waals surface area contributed by atoms with E-state index in [1.165, 1.54) is 0 Å². The highest BCUT2D eigenvalue weighted by Crippen LogP contribution is 2.20. The molecule has 0 aliphatic heterocycles. The van der Waals surface area contributed by atoms with Gasteiger partial charge in [-0.25, -0.2) is 0 Å². The highest BCUT2D eigenvalue weighted by atomic mass is 127. The Morgan fingerprint density at radius 2 is 2.11 bits per heavy atom. The second-order valence-corrected chi connectivity index (χ2v) is 3.37. The van der Waals surface area contributed by atoms with Crippen molar-refractivity contribution in [1.29, 1.82) is 0 Å². The first-order chi connectivity index (χ1) is 4.41. The molecule has 1 atom stereocenters. The fraction of sp³-hybridized carbons (Fsp3) is 1.00. The van der Waals surface area contributed by atoms with Crippen molar-refractivity contribution in [2.24, 2.45) is 0 Å². The summed E-state index contributed by atoms with van der Waals surface area (Å²) in [5.41, 5.74) is 0. The molecule has 0 aromatic heterocycles. The second kappa shape index (κ2) is 9.37. The van der Waals surface area contributed by atoms with Gasteiger partial charge in [-0.1, -0.05) is 0 Å². The van der Waals surface area contributed by atoms with E-state index in [9.17, 15) is 0 Å². The van der Waals surface area contributed by atoms with Crippen LogP contribution in [0.1, 0.15) is 0 Å². The van der Waals surface area contributed by atoms with Crippen LogP contribution >= 0.6 is 40.1 Å². The van der Waals surface area contributed by atoms with Gasteiger partial charge in [0.1, 0.15) is 0 Å². The molecule has 0 aliphatic rings.